The third-order valence-corrected chi connectivity index (χ3v) is 4.95. The molecule has 0 N–H and O–H groups in total. The fraction of sp³-hybridized carbons (Fsp3) is 1.00. The average Bonchev–Trinajstić information content (AvgIpc) is 2.39. The van der Waals surface area contributed by atoms with Crippen LogP contribution in [0.5, 0.6) is 0 Å². The number of nitrogens with zero attached hydrogens (tertiary/aromatic N) is 1. The van der Waals surface area contributed by atoms with Crippen molar-refractivity contribution in [2.75, 3.05) is 19.0 Å². The molecule has 2 rings (SSSR count). The molecule has 2 atom stereocenters. The van der Waals surface area contributed by atoms with E-state index in [1.54, 1.807) is 0 Å². The molecule has 0 radical (unpaired) electrons. The van der Waals surface area contributed by atoms with Crippen molar-refractivity contribution in [2.24, 2.45) is 5.92 Å². The summed E-state index contributed by atoms with van der Waals surface area (Å²) in [7, 11) is 0. The summed E-state index contributed by atoms with van der Waals surface area (Å²) in [4.78, 5) is 2.81. The van der Waals surface area contributed by atoms with Crippen LogP contribution in [0.25, 0.3) is 0 Å². The summed E-state index contributed by atoms with van der Waals surface area (Å²) >= 11 is 5.71. The second-order valence-corrected chi connectivity index (χ2v) is 6.27. The summed E-state index contributed by atoms with van der Waals surface area (Å²) in [6.07, 6.45) is 14.2. The highest BCUT2D eigenvalue weighted by molar-refractivity contribution is 6.17. The first kappa shape index (κ1) is 13.7. The molecule has 0 bridgehead atoms. The van der Waals surface area contributed by atoms with E-state index in [0.717, 1.165) is 17.8 Å². The average molecular weight is 258 g/mol. The van der Waals surface area contributed by atoms with Gasteiger partial charge in [-0.15, -0.1) is 11.6 Å². The van der Waals surface area contributed by atoms with Crippen LogP contribution in [-0.2, 0) is 0 Å². The van der Waals surface area contributed by atoms with Crippen LogP contribution in [0.2, 0.25) is 0 Å². The van der Waals surface area contributed by atoms with Crippen LogP contribution >= 0.6 is 11.6 Å². The fourth-order valence-electron chi connectivity index (χ4n) is 3.77. The molecule has 0 spiro atoms. The van der Waals surface area contributed by atoms with E-state index in [-0.39, 0.29) is 0 Å². The molecule has 2 heteroatoms. The van der Waals surface area contributed by atoms with E-state index < -0.39 is 0 Å². The summed E-state index contributed by atoms with van der Waals surface area (Å²) in [5.74, 6) is 1.88. The van der Waals surface area contributed by atoms with Gasteiger partial charge in [0, 0.05) is 11.9 Å². The van der Waals surface area contributed by atoms with Gasteiger partial charge in [0.25, 0.3) is 0 Å². The second kappa shape index (κ2) is 7.63. The zero-order chi connectivity index (χ0) is 11.9. The molecule has 0 aromatic carbocycles. The Hall–Kier alpha value is 0.250. The van der Waals surface area contributed by atoms with Crippen molar-refractivity contribution in [3.8, 4) is 0 Å². The molecule has 2 fully saturated rings. The van der Waals surface area contributed by atoms with Crippen LogP contribution in [0.15, 0.2) is 0 Å². The number of halogens is 1. The van der Waals surface area contributed by atoms with E-state index in [1.165, 1.54) is 77.3 Å². The first-order valence-electron chi connectivity index (χ1n) is 7.72. The normalized spacial score (nSPS) is 30.2. The Morgan fingerprint density at radius 1 is 0.882 bits per heavy atom. The lowest BCUT2D eigenvalue weighted by atomic mass is 9.78. The number of rotatable bonds is 6. The Labute approximate surface area is 112 Å². The summed E-state index contributed by atoms with van der Waals surface area (Å²) in [5.41, 5.74) is 0. The van der Waals surface area contributed by atoms with E-state index in [1.807, 2.05) is 0 Å². The smallest absolute Gasteiger partial charge is 0.0223 e. The Morgan fingerprint density at radius 2 is 1.65 bits per heavy atom. The Kier molecular flexibility index (Phi) is 6.14. The van der Waals surface area contributed by atoms with E-state index >= 15 is 0 Å². The largest absolute Gasteiger partial charge is 0.300 e. The van der Waals surface area contributed by atoms with Gasteiger partial charge in [-0.25, -0.2) is 0 Å². The number of hydrogen-bond donors (Lipinski definition) is 0. The van der Waals surface area contributed by atoms with Crippen LogP contribution in [0.1, 0.15) is 64.2 Å². The highest BCUT2D eigenvalue weighted by Gasteiger charge is 2.32. The molecule has 1 heterocycles. The van der Waals surface area contributed by atoms with Gasteiger partial charge in [0.05, 0.1) is 0 Å². The maximum atomic E-state index is 5.71. The summed E-state index contributed by atoms with van der Waals surface area (Å²) in [6.45, 7) is 2.72. The highest BCUT2D eigenvalue weighted by Crippen LogP contribution is 2.35. The predicted octanol–water partition coefficient (Wildman–Crippen LogP) is 4.44. The number of likely N-dealkylation sites (tertiary alicyclic amines) is 1. The van der Waals surface area contributed by atoms with Crippen molar-refractivity contribution in [1.29, 1.82) is 0 Å². The molecule has 1 saturated carbocycles. The molecule has 1 saturated heterocycles. The van der Waals surface area contributed by atoms with Gasteiger partial charge in [0.1, 0.15) is 0 Å². The number of unbranched alkanes of at least 4 members (excludes halogenated alkanes) is 3. The predicted molar refractivity (Wildman–Crippen MR) is 75.7 cm³/mol. The molecule has 100 valence electrons. The number of fused-ring (bicyclic) bond motifs is 1. The summed E-state index contributed by atoms with van der Waals surface area (Å²) < 4.78 is 0. The first-order valence-corrected chi connectivity index (χ1v) is 8.25. The minimum Gasteiger partial charge on any atom is -0.300 e. The van der Waals surface area contributed by atoms with E-state index in [9.17, 15) is 0 Å². The number of piperidine rings is 1. The molecule has 2 aliphatic rings. The van der Waals surface area contributed by atoms with Gasteiger partial charge in [-0.2, -0.15) is 0 Å². The Bertz CT molecular complexity index is 205. The molecule has 17 heavy (non-hydrogen) atoms. The van der Waals surface area contributed by atoms with Crippen LogP contribution in [0, 0.1) is 5.92 Å². The third kappa shape index (κ3) is 4.13. The summed E-state index contributed by atoms with van der Waals surface area (Å²) in [6, 6.07) is 0.950. The summed E-state index contributed by atoms with van der Waals surface area (Å²) in [5, 5.41) is 0. The van der Waals surface area contributed by atoms with Crippen LogP contribution < -0.4 is 0 Å². The van der Waals surface area contributed by atoms with Crippen LogP contribution in [-0.4, -0.2) is 29.9 Å². The molecule has 0 amide bonds. The molecule has 0 unspecified atom stereocenters. The lowest BCUT2D eigenvalue weighted by Crippen LogP contribution is -2.46. The molecular formula is C15H28ClN. The molecular weight excluding hydrogens is 230 g/mol. The second-order valence-electron chi connectivity index (χ2n) is 5.89. The quantitative estimate of drug-likeness (QED) is 0.502. The lowest BCUT2D eigenvalue weighted by molar-refractivity contribution is 0.0595. The van der Waals surface area contributed by atoms with Crippen molar-refractivity contribution in [3.63, 3.8) is 0 Å². The van der Waals surface area contributed by atoms with Crippen LogP contribution in [0.4, 0.5) is 0 Å². The maximum absolute atomic E-state index is 5.71. The van der Waals surface area contributed by atoms with Gasteiger partial charge in [-0.1, -0.05) is 25.7 Å². The minimum absolute atomic E-state index is 0.842. The van der Waals surface area contributed by atoms with Gasteiger partial charge in [0.2, 0.25) is 0 Å². The van der Waals surface area contributed by atoms with Crippen molar-refractivity contribution < 1.29 is 0 Å². The zero-order valence-corrected chi connectivity index (χ0v) is 11.9. The van der Waals surface area contributed by atoms with Crippen molar-refractivity contribution in [3.05, 3.63) is 0 Å². The van der Waals surface area contributed by atoms with Crippen molar-refractivity contribution in [2.45, 2.75) is 70.3 Å². The molecule has 0 aromatic rings. The SMILES string of the molecule is ClCCCCCCN1CCC[C@H]2CCCC[C@H]21. The van der Waals surface area contributed by atoms with E-state index in [2.05, 4.69) is 4.90 Å². The molecule has 1 nitrogen and oxygen atoms in total. The Morgan fingerprint density at radius 3 is 2.53 bits per heavy atom. The van der Waals surface area contributed by atoms with Crippen molar-refractivity contribution in [1.82, 2.24) is 4.90 Å². The molecule has 1 aliphatic carbocycles. The van der Waals surface area contributed by atoms with E-state index in [0.29, 0.717) is 0 Å². The van der Waals surface area contributed by atoms with Gasteiger partial charge >= 0.3 is 0 Å². The Balaban J connectivity index is 1.67. The topological polar surface area (TPSA) is 3.24 Å². The highest BCUT2D eigenvalue weighted by atomic mass is 35.5. The van der Waals surface area contributed by atoms with Gasteiger partial charge in [-0.05, 0) is 57.5 Å². The molecule has 0 aromatic heterocycles. The number of alkyl halides is 1. The monoisotopic (exact) mass is 257 g/mol. The fourth-order valence-corrected chi connectivity index (χ4v) is 3.96. The van der Waals surface area contributed by atoms with Crippen molar-refractivity contribution >= 4 is 11.6 Å². The standard InChI is InChI=1S/C15H28ClN/c16-11-5-1-2-6-12-17-13-7-9-14-8-3-4-10-15(14)17/h14-15H,1-13H2/t14-,15-/m1/s1. The number of hydrogen-bond acceptors (Lipinski definition) is 1. The molecule has 1 aliphatic heterocycles. The van der Waals surface area contributed by atoms with Crippen LogP contribution in [0.3, 0.4) is 0 Å². The zero-order valence-electron chi connectivity index (χ0n) is 11.2. The van der Waals surface area contributed by atoms with Gasteiger partial charge in [-0.3, -0.25) is 0 Å². The van der Waals surface area contributed by atoms with Gasteiger partial charge < -0.3 is 4.90 Å². The first-order chi connectivity index (χ1) is 8.42. The minimum atomic E-state index is 0.842. The third-order valence-electron chi connectivity index (χ3n) is 4.69. The van der Waals surface area contributed by atoms with Gasteiger partial charge in [0.15, 0.2) is 0 Å². The lowest BCUT2D eigenvalue weighted by Gasteiger charge is -2.44. The maximum Gasteiger partial charge on any atom is 0.0223 e. The van der Waals surface area contributed by atoms with E-state index in [4.69, 9.17) is 11.6 Å².